The Kier molecular flexibility index (Phi) is 4.66. The lowest BCUT2D eigenvalue weighted by Crippen LogP contribution is -2.07. The zero-order chi connectivity index (χ0) is 11.3. The lowest BCUT2D eigenvalue weighted by atomic mass is 10.2. The summed E-state index contributed by atoms with van der Waals surface area (Å²) in [5.74, 6) is 2.03. The molecule has 0 unspecified atom stereocenters. The summed E-state index contributed by atoms with van der Waals surface area (Å²) in [4.78, 5) is 4.61. The maximum Gasteiger partial charge on any atom is 0.126 e. The zero-order valence-electron chi connectivity index (χ0n) is 10.2. The highest BCUT2D eigenvalue weighted by molar-refractivity contribution is 5.38. The summed E-state index contributed by atoms with van der Waals surface area (Å²) in [6, 6.07) is 0. The van der Waals surface area contributed by atoms with Crippen LogP contribution in [0.1, 0.15) is 51.6 Å². The molecule has 1 aromatic rings. The summed E-state index contributed by atoms with van der Waals surface area (Å²) in [6.45, 7) is 7.52. The Hall–Kier alpha value is -0.990. The van der Waals surface area contributed by atoms with Crippen LogP contribution in [0.15, 0.2) is 0 Å². The van der Waals surface area contributed by atoms with Gasteiger partial charge >= 0.3 is 0 Å². The van der Waals surface area contributed by atoms with Gasteiger partial charge in [0.05, 0.1) is 5.69 Å². The van der Waals surface area contributed by atoms with E-state index in [0.29, 0.717) is 0 Å². The van der Waals surface area contributed by atoms with Crippen LogP contribution in [0.5, 0.6) is 0 Å². The van der Waals surface area contributed by atoms with Crippen molar-refractivity contribution in [3.63, 3.8) is 0 Å². The van der Waals surface area contributed by atoms with Gasteiger partial charge in [-0.3, -0.25) is 0 Å². The van der Waals surface area contributed by atoms with E-state index in [2.05, 4.69) is 30.3 Å². The van der Waals surface area contributed by atoms with Crippen molar-refractivity contribution >= 4 is 5.82 Å². The number of anilines is 1. The second-order valence-electron chi connectivity index (χ2n) is 3.97. The van der Waals surface area contributed by atoms with Gasteiger partial charge in [0.25, 0.3) is 0 Å². The van der Waals surface area contributed by atoms with Gasteiger partial charge < -0.3 is 10.3 Å². The van der Waals surface area contributed by atoms with E-state index >= 15 is 0 Å². The number of hydrogen-bond donors (Lipinski definition) is 1. The van der Waals surface area contributed by atoms with E-state index in [0.717, 1.165) is 43.1 Å². The van der Waals surface area contributed by atoms with Gasteiger partial charge in [0.2, 0.25) is 0 Å². The van der Waals surface area contributed by atoms with Crippen LogP contribution >= 0.6 is 0 Å². The predicted octanol–water partition coefficient (Wildman–Crippen LogP) is 2.78. The van der Waals surface area contributed by atoms with Gasteiger partial charge in [0.15, 0.2) is 0 Å². The first-order valence-corrected chi connectivity index (χ1v) is 6.08. The number of imidazole rings is 1. The molecule has 3 nitrogen and oxygen atoms in total. The Bertz CT molecular complexity index is 302. The molecule has 0 bridgehead atoms. The minimum absolute atomic E-state index is 0.891. The van der Waals surface area contributed by atoms with Gasteiger partial charge in [-0.15, -0.1) is 0 Å². The highest BCUT2D eigenvalue weighted by Crippen LogP contribution is 2.17. The van der Waals surface area contributed by atoms with Crippen LogP contribution in [-0.4, -0.2) is 9.55 Å². The van der Waals surface area contributed by atoms with Crippen LogP contribution in [0.3, 0.4) is 0 Å². The first-order chi connectivity index (χ1) is 7.24. The van der Waals surface area contributed by atoms with Crippen molar-refractivity contribution in [3.8, 4) is 0 Å². The van der Waals surface area contributed by atoms with Crippen LogP contribution in [0, 0.1) is 0 Å². The first-order valence-electron chi connectivity index (χ1n) is 6.08. The summed E-state index contributed by atoms with van der Waals surface area (Å²) < 4.78 is 2.19. The molecule has 0 saturated heterocycles. The Morgan fingerprint density at radius 2 is 1.93 bits per heavy atom. The highest BCUT2D eigenvalue weighted by Gasteiger charge is 2.11. The molecule has 0 amide bonds. The lowest BCUT2D eigenvalue weighted by molar-refractivity contribution is 0.612. The van der Waals surface area contributed by atoms with E-state index in [-0.39, 0.29) is 0 Å². The first kappa shape index (κ1) is 12.1. The average Bonchev–Trinajstić information content (AvgIpc) is 2.54. The van der Waals surface area contributed by atoms with Crippen molar-refractivity contribution in [2.45, 2.75) is 59.4 Å². The van der Waals surface area contributed by atoms with Crippen LogP contribution in [0.4, 0.5) is 5.82 Å². The fraction of sp³-hybridized carbons (Fsp3) is 0.750. The number of hydrogen-bond acceptors (Lipinski definition) is 2. The minimum atomic E-state index is 0.891. The molecule has 0 spiro atoms. The summed E-state index contributed by atoms with van der Waals surface area (Å²) in [5.41, 5.74) is 7.20. The van der Waals surface area contributed by atoms with Gasteiger partial charge in [-0.2, -0.15) is 0 Å². The van der Waals surface area contributed by atoms with Crippen LogP contribution in [0.2, 0.25) is 0 Å². The predicted molar refractivity (Wildman–Crippen MR) is 64.9 cm³/mol. The quantitative estimate of drug-likeness (QED) is 0.783. The molecule has 2 N–H and O–H groups in total. The largest absolute Gasteiger partial charge is 0.384 e. The molecule has 0 fully saturated rings. The second-order valence-corrected chi connectivity index (χ2v) is 3.97. The van der Waals surface area contributed by atoms with Gasteiger partial charge in [0, 0.05) is 13.0 Å². The lowest BCUT2D eigenvalue weighted by Gasteiger charge is -2.07. The normalized spacial score (nSPS) is 10.9. The third-order valence-electron chi connectivity index (χ3n) is 2.70. The molecular weight excluding hydrogens is 186 g/mol. The van der Waals surface area contributed by atoms with Crippen molar-refractivity contribution in [1.29, 1.82) is 0 Å². The van der Waals surface area contributed by atoms with Crippen LogP contribution in [0.25, 0.3) is 0 Å². The van der Waals surface area contributed by atoms with E-state index < -0.39 is 0 Å². The molecule has 1 rings (SSSR count). The number of unbranched alkanes of at least 4 members (excludes halogenated alkanes) is 1. The van der Waals surface area contributed by atoms with Crippen molar-refractivity contribution in [2.75, 3.05) is 5.73 Å². The summed E-state index contributed by atoms with van der Waals surface area (Å²) in [5, 5.41) is 0. The fourth-order valence-electron chi connectivity index (χ4n) is 1.82. The molecule has 1 aromatic heterocycles. The van der Waals surface area contributed by atoms with Crippen LogP contribution < -0.4 is 5.73 Å². The van der Waals surface area contributed by atoms with Gasteiger partial charge in [-0.05, 0) is 12.8 Å². The van der Waals surface area contributed by atoms with E-state index in [9.17, 15) is 0 Å². The fourth-order valence-corrected chi connectivity index (χ4v) is 1.82. The Morgan fingerprint density at radius 3 is 2.47 bits per heavy atom. The molecule has 86 valence electrons. The molecule has 0 aliphatic heterocycles. The number of aryl methyl sites for hydroxylation is 2. The van der Waals surface area contributed by atoms with Crippen molar-refractivity contribution < 1.29 is 0 Å². The molecule has 15 heavy (non-hydrogen) atoms. The van der Waals surface area contributed by atoms with E-state index in [4.69, 9.17) is 5.73 Å². The summed E-state index contributed by atoms with van der Waals surface area (Å²) in [6.07, 6.45) is 5.46. The smallest absolute Gasteiger partial charge is 0.126 e. The van der Waals surface area contributed by atoms with Gasteiger partial charge in [-0.25, -0.2) is 4.98 Å². The molecule has 0 aliphatic rings. The Labute approximate surface area is 92.7 Å². The average molecular weight is 209 g/mol. The number of aromatic nitrogens is 2. The Morgan fingerprint density at radius 1 is 1.20 bits per heavy atom. The number of nitrogens with two attached hydrogens (primary N) is 1. The van der Waals surface area contributed by atoms with Crippen LogP contribution in [-0.2, 0) is 19.4 Å². The highest BCUT2D eigenvalue weighted by atomic mass is 15.1. The third kappa shape index (κ3) is 2.74. The molecular formula is C12H23N3. The van der Waals surface area contributed by atoms with Gasteiger partial charge in [0.1, 0.15) is 11.6 Å². The summed E-state index contributed by atoms with van der Waals surface area (Å²) >= 11 is 0. The standard InChI is InChI=1S/C12H23N3/c1-4-7-9-15-11(6-3)14-10(8-5-2)12(15)13/h4-9,13H2,1-3H3. The molecule has 0 aliphatic carbocycles. The zero-order valence-corrected chi connectivity index (χ0v) is 10.2. The molecule has 1 heterocycles. The molecule has 0 aromatic carbocycles. The van der Waals surface area contributed by atoms with E-state index in [1.165, 1.54) is 12.8 Å². The SMILES string of the molecule is CCCCn1c(CC)nc(CCC)c1N. The van der Waals surface area contributed by atoms with Gasteiger partial charge in [-0.1, -0.05) is 33.6 Å². The third-order valence-corrected chi connectivity index (χ3v) is 2.70. The van der Waals surface area contributed by atoms with Crippen molar-refractivity contribution in [2.24, 2.45) is 0 Å². The monoisotopic (exact) mass is 209 g/mol. The van der Waals surface area contributed by atoms with E-state index in [1.54, 1.807) is 0 Å². The maximum atomic E-state index is 6.11. The van der Waals surface area contributed by atoms with Crippen molar-refractivity contribution in [3.05, 3.63) is 11.5 Å². The molecule has 0 radical (unpaired) electrons. The van der Waals surface area contributed by atoms with Crippen molar-refractivity contribution in [1.82, 2.24) is 9.55 Å². The molecule has 0 saturated carbocycles. The van der Waals surface area contributed by atoms with E-state index in [1.807, 2.05) is 0 Å². The Balaban J connectivity index is 2.89. The second kappa shape index (κ2) is 5.79. The molecule has 3 heteroatoms. The topological polar surface area (TPSA) is 43.8 Å². The number of rotatable bonds is 6. The number of nitrogen functional groups attached to an aromatic ring is 1. The number of nitrogens with zero attached hydrogens (tertiary/aromatic N) is 2. The maximum absolute atomic E-state index is 6.11. The molecule has 0 atom stereocenters. The summed E-state index contributed by atoms with van der Waals surface area (Å²) in [7, 11) is 0. The minimum Gasteiger partial charge on any atom is -0.384 e.